The summed E-state index contributed by atoms with van der Waals surface area (Å²) >= 11 is 0. The molecule has 0 aliphatic heterocycles. The molecule has 0 saturated carbocycles. The van der Waals surface area contributed by atoms with Crippen LogP contribution in [0.15, 0.2) is 30.4 Å². The molecule has 0 saturated heterocycles. The van der Waals surface area contributed by atoms with E-state index in [0.717, 1.165) is 0 Å². The van der Waals surface area contributed by atoms with Gasteiger partial charge in [0.1, 0.15) is 0 Å². The highest BCUT2D eigenvalue weighted by atomic mass is 16.5. The van der Waals surface area contributed by atoms with Crippen molar-refractivity contribution in [3.8, 4) is 0 Å². The summed E-state index contributed by atoms with van der Waals surface area (Å²) in [6.07, 6.45) is 5.44. The molecule has 116 valence electrons. The third kappa shape index (κ3) is 5.24. The maximum Gasteiger partial charge on any atom is 0.337 e. The van der Waals surface area contributed by atoms with Crippen LogP contribution in [0.5, 0.6) is 0 Å². The minimum Gasteiger partial charge on any atom is -0.466 e. The maximum atomic E-state index is 11.7. The smallest absolute Gasteiger partial charge is 0.337 e. The number of hydrogen-bond acceptors (Lipinski definition) is 6. The van der Waals surface area contributed by atoms with E-state index in [9.17, 15) is 14.4 Å². The second-order valence-corrected chi connectivity index (χ2v) is 4.09. The highest BCUT2D eigenvalue weighted by Gasteiger charge is 2.07. The van der Waals surface area contributed by atoms with Gasteiger partial charge in [0, 0.05) is 12.2 Å². The highest BCUT2D eigenvalue weighted by Crippen LogP contribution is 2.15. The fourth-order valence-electron chi connectivity index (χ4n) is 1.57. The summed E-state index contributed by atoms with van der Waals surface area (Å²) in [5, 5.41) is 0. The largest absolute Gasteiger partial charge is 0.466 e. The summed E-state index contributed by atoms with van der Waals surface area (Å²) in [4.78, 5) is 33.9. The zero-order valence-electron chi connectivity index (χ0n) is 12.5. The van der Waals surface area contributed by atoms with Gasteiger partial charge in [0.05, 0.1) is 26.9 Å². The zero-order valence-corrected chi connectivity index (χ0v) is 12.5. The molecule has 0 aliphatic rings. The van der Waals surface area contributed by atoms with Gasteiger partial charge in [-0.15, -0.1) is 0 Å². The lowest BCUT2D eigenvalue weighted by molar-refractivity contribution is -0.135. The molecule has 0 N–H and O–H groups in total. The fraction of sp³-hybridized carbons (Fsp3) is 0.188. The van der Waals surface area contributed by atoms with Crippen LogP contribution in [0.2, 0.25) is 0 Å². The molecule has 0 aliphatic carbocycles. The molecule has 22 heavy (non-hydrogen) atoms. The average molecular weight is 304 g/mol. The summed E-state index contributed by atoms with van der Waals surface area (Å²) in [5.74, 6) is -1.56. The summed E-state index contributed by atoms with van der Waals surface area (Å²) in [7, 11) is 3.80. The molecule has 0 radical (unpaired) electrons. The van der Waals surface area contributed by atoms with Crippen molar-refractivity contribution in [1.29, 1.82) is 0 Å². The number of methoxy groups -OCH3 is 3. The summed E-state index contributed by atoms with van der Waals surface area (Å²) in [6, 6.07) is 4.80. The van der Waals surface area contributed by atoms with E-state index in [1.54, 1.807) is 18.2 Å². The topological polar surface area (TPSA) is 78.9 Å². The molecule has 1 aromatic rings. The van der Waals surface area contributed by atoms with Crippen molar-refractivity contribution in [3.05, 3.63) is 47.0 Å². The third-order valence-corrected chi connectivity index (χ3v) is 2.62. The van der Waals surface area contributed by atoms with E-state index >= 15 is 0 Å². The Bertz CT molecular complexity index is 583. The molecule has 1 rings (SSSR count). The number of rotatable bonds is 5. The molecule has 0 atom stereocenters. The van der Waals surface area contributed by atoms with Crippen LogP contribution in [-0.4, -0.2) is 39.2 Å². The standard InChI is InChI=1S/C16H16O6/c1-20-14(17)6-4-11-8-12(5-7-15(18)21-2)10-13(9-11)16(19)22-3/h4-10H,1-3H3. The molecule has 0 aromatic heterocycles. The van der Waals surface area contributed by atoms with Crippen molar-refractivity contribution in [2.75, 3.05) is 21.3 Å². The van der Waals surface area contributed by atoms with Crippen LogP contribution >= 0.6 is 0 Å². The Morgan fingerprint density at radius 2 is 1.23 bits per heavy atom. The number of hydrogen-bond donors (Lipinski definition) is 0. The Hall–Kier alpha value is -2.89. The minimum absolute atomic E-state index is 0.291. The molecule has 0 amide bonds. The SMILES string of the molecule is COC(=O)C=Cc1cc(C=CC(=O)OC)cc(C(=O)OC)c1. The van der Waals surface area contributed by atoms with Gasteiger partial charge in [-0.05, 0) is 41.5 Å². The Morgan fingerprint density at radius 1 is 0.773 bits per heavy atom. The van der Waals surface area contributed by atoms with E-state index in [1.165, 1.54) is 45.6 Å². The van der Waals surface area contributed by atoms with E-state index in [2.05, 4.69) is 14.2 Å². The van der Waals surface area contributed by atoms with Crippen molar-refractivity contribution in [3.63, 3.8) is 0 Å². The minimum atomic E-state index is -0.527. The fourth-order valence-corrected chi connectivity index (χ4v) is 1.57. The molecular weight excluding hydrogens is 288 g/mol. The molecule has 0 spiro atoms. The number of carbonyl (C=O) groups is 3. The van der Waals surface area contributed by atoms with Crippen molar-refractivity contribution >= 4 is 30.1 Å². The molecule has 0 fully saturated rings. The average Bonchev–Trinajstić information content (AvgIpc) is 2.56. The molecule has 6 nitrogen and oxygen atoms in total. The molecule has 0 bridgehead atoms. The van der Waals surface area contributed by atoms with Crippen LogP contribution < -0.4 is 0 Å². The van der Waals surface area contributed by atoms with E-state index in [-0.39, 0.29) is 0 Å². The van der Waals surface area contributed by atoms with Gasteiger partial charge in [0.25, 0.3) is 0 Å². The van der Waals surface area contributed by atoms with Gasteiger partial charge in [-0.2, -0.15) is 0 Å². The summed E-state index contributed by atoms with van der Waals surface area (Å²) < 4.78 is 13.7. The summed E-state index contributed by atoms with van der Waals surface area (Å²) in [6.45, 7) is 0. The number of esters is 3. The second-order valence-electron chi connectivity index (χ2n) is 4.09. The summed E-state index contributed by atoms with van der Waals surface area (Å²) in [5.41, 5.74) is 1.45. The Morgan fingerprint density at radius 3 is 1.59 bits per heavy atom. The third-order valence-electron chi connectivity index (χ3n) is 2.62. The van der Waals surface area contributed by atoms with Crippen LogP contribution in [0.25, 0.3) is 12.2 Å². The van der Waals surface area contributed by atoms with Crippen LogP contribution in [0, 0.1) is 0 Å². The quantitative estimate of drug-likeness (QED) is 0.469. The first-order valence-corrected chi connectivity index (χ1v) is 6.25. The monoisotopic (exact) mass is 304 g/mol. The lowest BCUT2D eigenvalue weighted by Crippen LogP contribution is -2.02. The Labute approximate surface area is 128 Å². The first-order valence-electron chi connectivity index (χ1n) is 6.25. The van der Waals surface area contributed by atoms with Crippen molar-refractivity contribution in [1.82, 2.24) is 0 Å². The Balaban J connectivity index is 3.18. The Kier molecular flexibility index (Phi) is 6.56. The van der Waals surface area contributed by atoms with Gasteiger partial charge < -0.3 is 14.2 Å². The van der Waals surface area contributed by atoms with E-state index in [0.29, 0.717) is 16.7 Å². The van der Waals surface area contributed by atoms with E-state index < -0.39 is 17.9 Å². The van der Waals surface area contributed by atoms with Gasteiger partial charge in [-0.1, -0.05) is 0 Å². The van der Waals surface area contributed by atoms with Gasteiger partial charge in [-0.3, -0.25) is 0 Å². The number of benzene rings is 1. The number of carbonyl (C=O) groups excluding carboxylic acids is 3. The predicted octanol–water partition coefficient (Wildman–Crippen LogP) is 1.85. The highest BCUT2D eigenvalue weighted by molar-refractivity contribution is 5.93. The molecule has 1 aromatic carbocycles. The lowest BCUT2D eigenvalue weighted by atomic mass is 10.0. The van der Waals surface area contributed by atoms with Crippen molar-refractivity contribution in [2.24, 2.45) is 0 Å². The van der Waals surface area contributed by atoms with Crippen LogP contribution in [0.1, 0.15) is 21.5 Å². The van der Waals surface area contributed by atoms with Gasteiger partial charge in [0.2, 0.25) is 0 Å². The molecular formula is C16H16O6. The van der Waals surface area contributed by atoms with Gasteiger partial charge >= 0.3 is 17.9 Å². The second kappa shape index (κ2) is 8.41. The maximum absolute atomic E-state index is 11.7. The van der Waals surface area contributed by atoms with Gasteiger partial charge in [-0.25, -0.2) is 14.4 Å². The van der Waals surface area contributed by atoms with Crippen LogP contribution in [-0.2, 0) is 23.8 Å². The molecule has 0 unspecified atom stereocenters. The first-order chi connectivity index (χ1) is 10.5. The van der Waals surface area contributed by atoms with Crippen LogP contribution in [0.3, 0.4) is 0 Å². The van der Waals surface area contributed by atoms with Gasteiger partial charge in [0.15, 0.2) is 0 Å². The molecule has 6 heteroatoms. The van der Waals surface area contributed by atoms with Crippen molar-refractivity contribution < 1.29 is 28.6 Å². The number of ether oxygens (including phenoxy) is 3. The first kappa shape index (κ1) is 17.2. The van der Waals surface area contributed by atoms with Crippen molar-refractivity contribution in [2.45, 2.75) is 0 Å². The van der Waals surface area contributed by atoms with E-state index in [1.807, 2.05) is 0 Å². The molecule has 0 heterocycles. The van der Waals surface area contributed by atoms with Crippen LogP contribution in [0.4, 0.5) is 0 Å². The lowest BCUT2D eigenvalue weighted by Gasteiger charge is -2.04. The predicted molar refractivity (Wildman–Crippen MR) is 79.9 cm³/mol. The van der Waals surface area contributed by atoms with E-state index in [4.69, 9.17) is 0 Å². The zero-order chi connectivity index (χ0) is 16.5. The normalized spacial score (nSPS) is 10.7.